The predicted octanol–water partition coefficient (Wildman–Crippen LogP) is 1.84. The molecule has 0 bridgehead atoms. The molecule has 0 unspecified atom stereocenters. The lowest BCUT2D eigenvalue weighted by Crippen LogP contribution is -2.32. The highest BCUT2D eigenvalue weighted by atomic mass is 32.2. The van der Waals surface area contributed by atoms with Gasteiger partial charge in [-0.1, -0.05) is 45.0 Å². The van der Waals surface area contributed by atoms with Crippen molar-refractivity contribution in [2.75, 3.05) is 12.0 Å². The maximum atomic E-state index is 12.3. The first-order valence-corrected chi connectivity index (χ1v) is 9.92. The molecule has 1 aromatic rings. The predicted molar refractivity (Wildman–Crippen MR) is 92.3 cm³/mol. The summed E-state index contributed by atoms with van der Waals surface area (Å²) in [7, 11) is -3.17. The zero-order valence-corrected chi connectivity index (χ0v) is 15.3. The Morgan fingerprint density at radius 3 is 2.21 bits per heavy atom. The summed E-state index contributed by atoms with van der Waals surface area (Å²) in [6.07, 6.45) is 1.21. The third kappa shape index (κ3) is 4.56. The standard InChI is InChI=1S/C17H24N2O4S/c1-17(2,3)13-7-5-12(6-8-13)11-19-15(20)14(18-16(19)21)9-10-24(4,22)23/h5-8,14H,9-11H2,1-4H3,(H,18,21)/t14-/m0/s1. The van der Waals surface area contributed by atoms with Crippen LogP contribution < -0.4 is 5.32 Å². The minimum absolute atomic E-state index is 0.0378. The molecular formula is C17H24N2O4S. The van der Waals surface area contributed by atoms with Gasteiger partial charge in [0.05, 0.1) is 12.3 Å². The van der Waals surface area contributed by atoms with E-state index in [2.05, 4.69) is 26.1 Å². The Morgan fingerprint density at radius 2 is 1.71 bits per heavy atom. The molecule has 0 aromatic heterocycles. The number of carbonyl (C=O) groups excluding carboxylic acids is 2. The number of rotatable bonds is 5. The molecule has 132 valence electrons. The van der Waals surface area contributed by atoms with Crippen molar-refractivity contribution < 1.29 is 18.0 Å². The summed E-state index contributed by atoms with van der Waals surface area (Å²) in [5.74, 6) is -0.499. The van der Waals surface area contributed by atoms with Crippen molar-refractivity contribution in [2.24, 2.45) is 0 Å². The normalized spacial score (nSPS) is 18.8. The Labute approximate surface area is 143 Å². The van der Waals surface area contributed by atoms with Gasteiger partial charge < -0.3 is 5.32 Å². The molecule has 0 aliphatic carbocycles. The number of hydrogen-bond donors (Lipinski definition) is 1. The van der Waals surface area contributed by atoms with Crippen LogP contribution in [0, 0.1) is 0 Å². The van der Waals surface area contributed by atoms with Crippen molar-refractivity contribution in [3.8, 4) is 0 Å². The Bertz CT molecular complexity index is 733. The maximum absolute atomic E-state index is 12.3. The van der Waals surface area contributed by atoms with Crippen LogP contribution in [0.25, 0.3) is 0 Å². The van der Waals surface area contributed by atoms with E-state index in [-0.39, 0.29) is 30.0 Å². The molecule has 1 atom stereocenters. The molecule has 1 heterocycles. The van der Waals surface area contributed by atoms with Crippen LogP contribution >= 0.6 is 0 Å². The van der Waals surface area contributed by atoms with E-state index in [9.17, 15) is 18.0 Å². The summed E-state index contributed by atoms with van der Waals surface area (Å²) >= 11 is 0. The smallest absolute Gasteiger partial charge is 0.325 e. The van der Waals surface area contributed by atoms with Crippen LogP contribution in [0.3, 0.4) is 0 Å². The Morgan fingerprint density at radius 1 is 1.12 bits per heavy atom. The lowest BCUT2D eigenvalue weighted by Gasteiger charge is -2.20. The minimum atomic E-state index is -3.17. The third-order valence-corrected chi connectivity index (χ3v) is 5.02. The Balaban J connectivity index is 2.04. The average Bonchev–Trinajstić information content (AvgIpc) is 2.72. The number of nitrogens with zero attached hydrogens (tertiary/aromatic N) is 1. The highest BCUT2D eigenvalue weighted by Gasteiger charge is 2.37. The van der Waals surface area contributed by atoms with Gasteiger partial charge in [-0.05, 0) is 23.0 Å². The summed E-state index contributed by atoms with van der Waals surface area (Å²) in [6, 6.07) is 6.57. The fraction of sp³-hybridized carbons (Fsp3) is 0.529. The van der Waals surface area contributed by atoms with Crippen LogP contribution in [0.15, 0.2) is 24.3 Å². The van der Waals surface area contributed by atoms with Gasteiger partial charge in [0, 0.05) is 6.26 Å². The fourth-order valence-corrected chi connectivity index (χ4v) is 3.21. The number of sulfone groups is 1. The van der Waals surface area contributed by atoms with Gasteiger partial charge in [0.25, 0.3) is 5.91 Å². The van der Waals surface area contributed by atoms with E-state index in [1.54, 1.807) is 0 Å². The molecule has 0 saturated carbocycles. The Kier molecular flexibility index (Phi) is 5.03. The van der Waals surface area contributed by atoms with E-state index in [1.165, 1.54) is 5.56 Å². The molecule has 24 heavy (non-hydrogen) atoms. The SMILES string of the molecule is CC(C)(C)c1ccc(CN2C(=O)N[C@@H](CCS(C)(=O)=O)C2=O)cc1. The summed E-state index contributed by atoms with van der Waals surface area (Å²) in [5, 5.41) is 2.56. The first kappa shape index (κ1) is 18.4. The molecule has 0 spiro atoms. The molecule has 3 amide bonds. The lowest BCUT2D eigenvalue weighted by molar-refractivity contribution is -0.127. The van der Waals surface area contributed by atoms with E-state index >= 15 is 0 Å². The van der Waals surface area contributed by atoms with Crippen molar-refractivity contribution >= 4 is 21.8 Å². The molecule has 6 nitrogen and oxygen atoms in total. The molecule has 1 fully saturated rings. The molecule has 1 aromatic carbocycles. The van der Waals surface area contributed by atoms with Crippen LogP contribution in [0.1, 0.15) is 38.3 Å². The number of benzene rings is 1. The molecule has 1 N–H and O–H groups in total. The second kappa shape index (κ2) is 6.55. The summed E-state index contributed by atoms with van der Waals surface area (Å²) in [6.45, 7) is 6.54. The molecule has 7 heteroatoms. The monoisotopic (exact) mass is 352 g/mol. The van der Waals surface area contributed by atoms with E-state index in [4.69, 9.17) is 0 Å². The number of hydrogen-bond acceptors (Lipinski definition) is 4. The lowest BCUT2D eigenvalue weighted by atomic mass is 9.87. The van der Waals surface area contributed by atoms with Gasteiger partial charge >= 0.3 is 6.03 Å². The fourth-order valence-electron chi connectivity index (χ4n) is 2.55. The number of imide groups is 1. The summed E-state index contributed by atoms with van der Waals surface area (Å²) < 4.78 is 22.4. The molecule has 2 rings (SSSR count). The highest BCUT2D eigenvalue weighted by molar-refractivity contribution is 7.90. The number of amides is 3. The largest absolute Gasteiger partial charge is 0.326 e. The van der Waals surface area contributed by atoms with Crippen LogP contribution in [0.2, 0.25) is 0 Å². The van der Waals surface area contributed by atoms with Crippen LogP contribution in [-0.2, 0) is 26.6 Å². The topological polar surface area (TPSA) is 83.6 Å². The summed E-state index contributed by atoms with van der Waals surface area (Å²) in [4.78, 5) is 25.4. The van der Waals surface area contributed by atoms with Gasteiger partial charge in [0.2, 0.25) is 0 Å². The number of nitrogens with one attached hydrogen (secondary N) is 1. The number of urea groups is 1. The van der Waals surface area contributed by atoms with Gasteiger partial charge in [-0.2, -0.15) is 0 Å². The van der Waals surface area contributed by atoms with Gasteiger partial charge in [-0.3, -0.25) is 9.69 Å². The Hall–Kier alpha value is -1.89. The number of carbonyl (C=O) groups is 2. The van der Waals surface area contributed by atoms with E-state index in [0.29, 0.717) is 0 Å². The van der Waals surface area contributed by atoms with Crippen molar-refractivity contribution in [1.29, 1.82) is 0 Å². The molecule has 0 radical (unpaired) electrons. The van der Waals surface area contributed by atoms with Crippen LogP contribution in [0.4, 0.5) is 4.79 Å². The van der Waals surface area contributed by atoms with Gasteiger partial charge in [-0.15, -0.1) is 0 Å². The van der Waals surface area contributed by atoms with E-state index in [0.717, 1.165) is 16.7 Å². The second-order valence-electron chi connectivity index (χ2n) is 7.29. The van der Waals surface area contributed by atoms with Gasteiger partial charge in [0.15, 0.2) is 0 Å². The summed E-state index contributed by atoms with van der Waals surface area (Å²) in [5.41, 5.74) is 2.07. The van der Waals surface area contributed by atoms with Crippen molar-refractivity contribution in [1.82, 2.24) is 10.2 Å². The molecule has 1 saturated heterocycles. The van der Waals surface area contributed by atoms with Crippen molar-refractivity contribution in [3.05, 3.63) is 35.4 Å². The first-order valence-electron chi connectivity index (χ1n) is 7.86. The minimum Gasteiger partial charge on any atom is -0.326 e. The van der Waals surface area contributed by atoms with Crippen molar-refractivity contribution in [2.45, 2.75) is 45.2 Å². The van der Waals surface area contributed by atoms with E-state index < -0.39 is 21.9 Å². The first-order chi connectivity index (χ1) is 11.0. The van der Waals surface area contributed by atoms with Gasteiger partial charge in [0.1, 0.15) is 15.9 Å². The maximum Gasteiger partial charge on any atom is 0.325 e. The zero-order valence-electron chi connectivity index (χ0n) is 14.5. The zero-order chi connectivity index (χ0) is 18.1. The average molecular weight is 352 g/mol. The quantitative estimate of drug-likeness (QED) is 0.820. The molecular weight excluding hydrogens is 328 g/mol. The second-order valence-corrected chi connectivity index (χ2v) is 9.55. The van der Waals surface area contributed by atoms with Crippen LogP contribution in [-0.4, -0.2) is 43.3 Å². The third-order valence-electron chi connectivity index (χ3n) is 4.04. The molecule has 1 aliphatic rings. The van der Waals surface area contributed by atoms with Crippen molar-refractivity contribution in [3.63, 3.8) is 0 Å². The van der Waals surface area contributed by atoms with Crippen LogP contribution in [0.5, 0.6) is 0 Å². The molecule has 1 aliphatic heterocycles. The van der Waals surface area contributed by atoms with Gasteiger partial charge in [-0.25, -0.2) is 13.2 Å². The highest BCUT2D eigenvalue weighted by Crippen LogP contribution is 2.23. The van der Waals surface area contributed by atoms with E-state index in [1.807, 2.05) is 24.3 Å².